The molecule has 0 radical (unpaired) electrons. The zero-order valence-electron chi connectivity index (χ0n) is 15.3. The molecule has 0 spiro atoms. The van der Waals surface area contributed by atoms with Crippen LogP contribution in [0.25, 0.3) is 17.0 Å². The molecule has 7 nitrogen and oxygen atoms in total. The van der Waals surface area contributed by atoms with Crippen LogP contribution in [0.3, 0.4) is 0 Å². The van der Waals surface area contributed by atoms with E-state index in [1.54, 1.807) is 6.07 Å². The smallest absolute Gasteiger partial charge is 0.376 e. The summed E-state index contributed by atoms with van der Waals surface area (Å²) in [5.41, 5.74) is -2.17. The van der Waals surface area contributed by atoms with Gasteiger partial charge in [0.15, 0.2) is 5.60 Å². The predicted molar refractivity (Wildman–Crippen MR) is 97.0 cm³/mol. The summed E-state index contributed by atoms with van der Waals surface area (Å²) in [7, 11) is 0. The van der Waals surface area contributed by atoms with Crippen LogP contribution in [0.15, 0.2) is 36.8 Å². The topological polar surface area (TPSA) is 87.4 Å². The summed E-state index contributed by atoms with van der Waals surface area (Å²) in [6.07, 6.45) is -1.81. The fraction of sp³-hybridized carbons (Fsp3) is 0.389. The summed E-state index contributed by atoms with van der Waals surface area (Å²) < 4.78 is 54.8. The van der Waals surface area contributed by atoms with E-state index in [-0.39, 0.29) is 18.1 Å². The Morgan fingerprint density at radius 2 is 2.00 bits per heavy atom. The number of halogens is 4. The maximum Gasteiger partial charge on any atom is 0.421 e. The maximum absolute atomic E-state index is 13.8. The first-order valence-corrected chi connectivity index (χ1v) is 8.88. The Morgan fingerprint density at radius 3 is 2.69 bits per heavy atom. The van der Waals surface area contributed by atoms with Crippen LogP contribution in [-0.2, 0) is 5.60 Å². The third-order valence-electron chi connectivity index (χ3n) is 4.99. The number of fused-ring (bicyclic) bond motifs is 1. The SMILES string of the molecule is CC(O)(c1ccc2ncc(-c3ccnc(N[C@H]4CNC[C@@H]4F)n3)n2c1)C(F)(F)F. The summed E-state index contributed by atoms with van der Waals surface area (Å²) in [6.45, 7) is 1.37. The summed E-state index contributed by atoms with van der Waals surface area (Å²) in [5.74, 6) is 0.201. The van der Waals surface area contributed by atoms with E-state index < -0.39 is 24.0 Å². The van der Waals surface area contributed by atoms with E-state index in [1.165, 1.54) is 35.1 Å². The number of alkyl halides is 4. The van der Waals surface area contributed by atoms with Crippen LogP contribution in [0.1, 0.15) is 12.5 Å². The van der Waals surface area contributed by atoms with E-state index in [0.717, 1.165) is 0 Å². The van der Waals surface area contributed by atoms with Gasteiger partial charge in [-0.1, -0.05) is 6.07 Å². The quantitative estimate of drug-likeness (QED) is 0.572. The van der Waals surface area contributed by atoms with Crippen molar-refractivity contribution in [1.82, 2.24) is 24.7 Å². The predicted octanol–water partition coefficient (Wildman–Crippen LogP) is 2.28. The Hall–Kier alpha value is -2.79. The lowest BCUT2D eigenvalue weighted by molar-refractivity contribution is -0.259. The molecule has 3 N–H and O–H groups in total. The highest BCUT2D eigenvalue weighted by Crippen LogP contribution is 2.38. The number of hydrogen-bond donors (Lipinski definition) is 3. The van der Waals surface area contributed by atoms with Gasteiger partial charge in [-0.2, -0.15) is 13.2 Å². The minimum Gasteiger partial charge on any atom is -0.376 e. The van der Waals surface area contributed by atoms with Crippen molar-refractivity contribution in [3.63, 3.8) is 0 Å². The Kier molecular flexibility index (Phi) is 4.66. The lowest BCUT2D eigenvalue weighted by atomic mass is 9.97. The molecule has 0 aliphatic carbocycles. The van der Waals surface area contributed by atoms with Gasteiger partial charge in [-0.3, -0.25) is 4.40 Å². The van der Waals surface area contributed by atoms with Gasteiger partial charge >= 0.3 is 6.18 Å². The average Bonchev–Trinajstić information content (AvgIpc) is 3.27. The number of anilines is 1. The largest absolute Gasteiger partial charge is 0.421 e. The number of hydrogen-bond acceptors (Lipinski definition) is 6. The number of nitrogens with zero attached hydrogens (tertiary/aromatic N) is 4. The molecule has 1 fully saturated rings. The Balaban J connectivity index is 1.71. The molecule has 154 valence electrons. The fourth-order valence-corrected chi connectivity index (χ4v) is 3.15. The Labute approximate surface area is 162 Å². The van der Waals surface area contributed by atoms with Gasteiger partial charge in [-0.25, -0.2) is 19.3 Å². The maximum atomic E-state index is 13.8. The molecule has 0 saturated carbocycles. The third kappa shape index (κ3) is 3.51. The molecule has 1 aliphatic heterocycles. The van der Waals surface area contributed by atoms with E-state index in [1.807, 2.05) is 0 Å². The third-order valence-corrected chi connectivity index (χ3v) is 4.99. The van der Waals surface area contributed by atoms with Crippen molar-refractivity contribution in [3.8, 4) is 11.4 Å². The van der Waals surface area contributed by atoms with Gasteiger partial charge < -0.3 is 15.7 Å². The molecular formula is C18H18F4N6O. The van der Waals surface area contributed by atoms with Crippen molar-refractivity contribution in [2.45, 2.75) is 30.9 Å². The van der Waals surface area contributed by atoms with Gasteiger partial charge in [0, 0.05) is 31.0 Å². The van der Waals surface area contributed by atoms with Crippen LogP contribution >= 0.6 is 0 Å². The molecule has 3 aromatic heterocycles. The Morgan fingerprint density at radius 1 is 1.21 bits per heavy atom. The van der Waals surface area contributed by atoms with Crippen LogP contribution in [0, 0.1) is 0 Å². The second-order valence-corrected chi connectivity index (χ2v) is 7.05. The highest BCUT2D eigenvalue weighted by Gasteiger charge is 2.51. The zero-order valence-corrected chi connectivity index (χ0v) is 15.3. The first-order chi connectivity index (χ1) is 13.7. The number of aliphatic hydroxyl groups is 1. The van der Waals surface area contributed by atoms with Gasteiger partial charge in [0.1, 0.15) is 11.8 Å². The number of imidazole rings is 1. The lowest BCUT2D eigenvalue weighted by Gasteiger charge is -2.26. The van der Waals surface area contributed by atoms with Crippen molar-refractivity contribution in [2.24, 2.45) is 0 Å². The molecule has 0 bridgehead atoms. The molecule has 0 aromatic carbocycles. The molecule has 3 aromatic rings. The van der Waals surface area contributed by atoms with E-state index in [4.69, 9.17) is 0 Å². The minimum absolute atomic E-state index is 0.201. The first kappa shape index (κ1) is 19.5. The lowest BCUT2D eigenvalue weighted by Crippen LogP contribution is -2.39. The van der Waals surface area contributed by atoms with Gasteiger partial charge in [0.05, 0.1) is 23.6 Å². The highest BCUT2D eigenvalue weighted by atomic mass is 19.4. The monoisotopic (exact) mass is 410 g/mol. The van der Waals surface area contributed by atoms with Crippen molar-refractivity contribution in [3.05, 3.63) is 42.4 Å². The minimum atomic E-state index is -4.84. The van der Waals surface area contributed by atoms with Crippen LogP contribution in [0.2, 0.25) is 0 Å². The number of aromatic nitrogens is 4. The van der Waals surface area contributed by atoms with Crippen LogP contribution in [-0.4, -0.2) is 55.9 Å². The number of nitrogens with one attached hydrogen (secondary N) is 2. The molecule has 1 aliphatic rings. The van der Waals surface area contributed by atoms with Crippen LogP contribution in [0.5, 0.6) is 0 Å². The van der Waals surface area contributed by atoms with Crippen molar-refractivity contribution in [1.29, 1.82) is 0 Å². The summed E-state index contributed by atoms with van der Waals surface area (Å²) in [6, 6.07) is 3.67. The fourth-order valence-electron chi connectivity index (χ4n) is 3.15. The molecule has 29 heavy (non-hydrogen) atoms. The van der Waals surface area contributed by atoms with E-state index in [2.05, 4.69) is 25.6 Å². The number of rotatable bonds is 4. The van der Waals surface area contributed by atoms with Crippen molar-refractivity contribution >= 4 is 11.6 Å². The van der Waals surface area contributed by atoms with E-state index in [9.17, 15) is 22.7 Å². The highest BCUT2D eigenvalue weighted by molar-refractivity contribution is 5.61. The standard InChI is InChI=1S/C18H18F4N6O/c1-17(29,18(20,21)22)10-2-3-15-25-8-14(28(15)9-10)12-4-5-24-16(26-12)27-13-7-23-6-11(13)19/h2-5,8-9,11,13,23,29H,6-7H2,1H3,(H,24,26,27)/t11-,13-,17?/m0/s1. The normalized spacial score (nSPS) is 22.0. The van der Waals surface area contributed by atoms with Crippen molar-refractivity contribution < 1.29 is 22.7 Å². The molecule has 0 amide bonds. The first-order valence-electron chi connectivity index (χ1n) is 8.88. The molecule has 1 saturated heterocycles. The summed E-state index contributed by atoms with van der Waals surface area (Å²) in [5, 5.41) is 15.8. The van der Waals surface area contributed by atoms with E-state index in [0.29, 0.717) is 30.5 Å². The molecule has 1 unspecified atom stereocenters. The van der Waals surface area contributed by atoms with Gasteiger partial charge in [-0.15, -0.1) is 0 Å². The average molecular weight is 410 g/mol. The van der Waals surface area contributed by atoms with E-state index >= 15 is 0 Å². The molecule has 3 atom stereocenters. The van der Waals surface area contributed by atoms with Gasteiger partial charge in [0.2, 0.25) is 5.95 Å². The molecule has 4 rings (SSSR count). The Bertz CT molecular complexity index is 1030. The molecule has 4 heterocycles. The molecule has 11 heteroatoms. The zero-order chi connectivity index (χ0) is 20.8. The molecular weight excluding hydrogens is 392 g/mol. The van der Waals surface area contributed by atoms with Crippen LogP contribution in [0.4, 0.5) is 23.5 Å². The summed E-state index contributed by atoms with van der Waals surface area (Å²) >= 11 is 0. The van der Waals surface area contributed by atoms with Crippen molar-refractivity contribution in [2.75, 3.05) is 18.4 Å². The number of pyridine rings is 1. The second kappa shape index (κ2) is 6.92. The van der Waals surface area contributed by atoms with Gasteiger partial charge in [0.25, 0.3) is 0 Å². The second-order valence-electron chi connectivity index (χ2n) is 7.05. The van der Waals surface area contributed by atoms with Crippen LogP contribution < -0.4 is 10.6 Å². The summed E-state index contributed by atoms with van der Waals surface area (Å²) in [4.78, 5) is 12.6. The van der Waals surface area contributed by atoms with Gasteiger partial charge in [-0.05, 0) is 19.1 Å².